The Bertz CT molecular complexity index is 2030. The van der Waals surface area contributed by atoms with Crippen LogP contribution in [0.25, 0.3) is 33.1 Å². The van der Waals surface area contributed by atoms with E-state index in [0.717, 1.165) is 67.2 Å². The molecule has 0 aliphatic carbocycles. The van der Waals surface area contributed by atoms with Crippen LogP contribution in [-0.4, -0.2) is 0 Å². The summed E-state index contributed by atoms with van der Waals surface area (Å²) in [4.78, 5) is 4.65. The zero-order valence-electron chi connectivity index (χ0n) is 24.6. The summed E-state index contributed by atoms with van der Waals surface area (Å²) in [6.07, 6.45) is 0. The van der Waals surface area contributed by atoms with E-state index in [1.54, 1.807) is 0 Å². The first kappa shape index (κ1) is 26.6. The molecule has 0 N–H and O–H groups in total. The highest BCUT2D eigenvalue weighted by molar-refractivity contribution is 6.06. The molecular formula is C42H30N2O. The molecule has 0 saturated heterocycles. The van der Waals surface area contributed by atoms with E-state index in [2.05, 4.69) is 180 Å². The van der Waals surface area contributed by atoms with Crippen LogP contribution in [0.4, 0.5) is 34.1 Å². The number of rotatable bonds is 7. The van der Waals surface area contributed by atoms with Crippen molar-refractivity contribution in [3.8, 4) is 11.1 Å². The van der Waals surface area contributed by atoms with Crippen LogP contribution in [0, 0.1) is 0 Å². The lowest BCUT2D eigenvalue weighted by atomic mass is 10.00. The zero-order valence-corrected chi connectivity index (χ0v) is 24.6. The first-order chi connectivity index (χ1) is 22.3. The molecule has 0 fully saturated rings. The van der Waals surface area contributed by atoms with E-state index in [4.69, 9.17) is 4.42 Å². The fourth-order valence-electron chi connectivity index (χ4n) is 6.13. The molecular weight excluding hydrogens is 548 g/mol. The normalized spacial score (nSPS) is 11.1. The van der Waals surface area contributed by atoms with Gasteiger partial charge in [-0.15, -0.1) is 0 Å². The Morgan fingerprint density at radius 1 is 0.289 bits per heavy atom. The highest BCUT2D eigenvalue weighted by Gasteiger charge is 2.19. The zero-order chi connectivity index (χ0) is 30.0. The molecule has 214 valence electrons. The van der Waals surface area contributed by atoms with Crippen LogP contribution in [0.2, 0.25) is 0 Å². The summed E-state index contributed by atoms with van der Waals surface area (Å²) in [5.41, 5.74) is 10.5. The molecule has 45 heavy (non-hydrogen) atoms. The maximum absolute atomic E-state index is 6.18. The van der Waals surface area contributed by atoms with E-state index < -0.39 is 0 Å². The summed E-state index contributed by atoms with van der Waals surface area (Å²) in [5, 5.41) is 2.23. The van der Waals surface area contributed by atoms with E-state index in [0.29, 0.717) is 0 Å². The van der Waals surface area contributed by atoms with Crippen molar-refractivity contribution in [3.05, 3.63) is 182 Å². The summed E-state index contributed by atoms with van der Waals surface area (Å²) >= 11 is 0. The Morgan fingerprint density at radius 3 is 1.20 bits per heavy atom. The van der Waals surface area contributed by atoms with Crippen LogP contribution >= 0.6 is 0 Å². The monoisotopic (exact) mass is 578 g/mol. The van der Waals surface area contributed by atoms with Crippen molar-refractivity contribution >= 4 is 56.1 Å². The highest BCUT2D eigenvalue weighted by Crippen LogP contribution is 2.43. The van der Waals surface area contributed by atoms with Gasteiger partial charge in [0.15, 0.2) is 0 Å². The Kier molecular flexibility index (Phi) is 6.82. The number of benzene rings is 7. The maximum atomic E-state index is 6.18. The Hall–Kier alpha value is -6.06. The van der Waals surface area contributed by atoms with Gasteiger partial charge in [0, 0.05) is 44.9 Å². The van der Waals surface area contributed by atoms with E-state index in [-0.39, 0.29) is 0 Å². The standard InChI is InChI=1S/C42H30N2O/c1-5-15-33(16-6-1)43(34-17-7-2-8-18-34)37-27-32(31-25-26-42-40(29-31)39-23-13-14-24-41(39)45-42)28-38(30-37)44(35-19-9-3-10-20-35)36-21-11-4-12-22-36/h1-30H. The molecule has 3 nitrogen and oxygen atoms in total. The van der Waals surface area contributed by atoms with E-state index >= 15 is 0 Å². The molecule has 0 spiro atoms. The SMILES string of the molecule is c1ccc(N(c2ccccc2)c2cc(-c3ccc4oc5ccccc5c4c3)cc(N(c3ccccc3)c3ccccc3)c2)cc1. The summed E-state index contributed by atoms with van der Waals surface area (Å²) in [6.45, 7) is 0. The third-order valence-corrected chi connectivity index (χ3v) is 8.19. The van der Waals surface area contributed by atoms with Gasteiger partial charge >= 0.3 is 0 Å². The summed E-state index contributed by atoms with van der Waals surface area (Å²) in [7, 11) is 0. The van der Waals surface area contributed by atoms with Gasteiger partial charge in [-0.2, -0.15) is 0 Å². The maximum Gasteiger partial charge on any atom is 0.135 e. The van der Waals surface area contributed by atoms with Crippen molar-refractivity contribution < 1.29 is 4.42 Å². The van der Waals surface area contributed by atoms with E-state index in [9.17, 15) is 0 Å². The van der Waals surface area contributed by atoms with Gasteiger partial charge in [0.2, 0.25) is 0 Å². The molecule has 1 heterocycles. The predicted molar refractivity (Wildman–Crippen MR) is 189 cm³/mol. The second kappa shape index (κ2) is 11.6. The molecule has 7 aromatic carbocycles. The van der Waals surface area contributed by atoms with Gasteiger partial charge in [-0.25, -0.2) is 0 Å². The number of anilines is 6. The molecule has 8 aromatic rings. The quantitative estimate of drug-likeness (QED) is 0.188. The second-order valence-electron chi connectivity index (χ2n) is 11.1. The Labute approximate surface area is 262 Å². The number of hydrogen-bond donors (Lipinski definition) is 0. The number of furan rings is 1. The molecule has 0 radical (unpaired) electrons. The highest BCUT2D eigenvalue weighted by atomic mass is 16.3. The van der Waals surface area contributed by atoms with Crippen LogP contribution in [0.5, 0.6) is 0 Å². The van der Waals surface area contributed by atoms with Crippen molar-refractivity contribution in [2.75, 3.05) is 9.80 Å². The fourth-order valence-corrected chi connectivity index (χ4v) is 6.13. The van der Waals surface area contributed by atoms with Gasteiger partial charge in [-0.3, -0.25) is 0 Å². The lowest BCUT2D eigenvalue weighted by molar-refractivity contribution is 0.669. The Morgan fingerprint density at radius 2 is 0.711 bits per heavy atom. The summed E-state index contributed by atoms with van der Waals surface area (Å²) in [6, 6.07) is 63.9. The van der Waals surface area contributed by atoms with Crippen molar-refractivity contribution in [2.24, 2.45) is 0 Å². The van der Waals surface area contributed by atoms with Gasteiger partial charge in [-0.1, -0.05) is 97.1 Å². The average molecular weight is 579 g/mol. The molecule has 0 aliphatic heterocycles. The second-order valence-corrected chi connectivity index (χ2v) is 11.1. The van der Waals surface area contributed by atoms with Crippen molar-refractivity contribution in [2.45, 2.75) is 0 Å². The van der Waals surface area contributed by atoms with Crippen LogP contribution in [0.3, 0.4) is 0 Å². The predicted octanol–water partition coefficient (Wildman–Crippen LogP) is 12.2. The third-order valence-electron chi connectivity index (χ3n) is 8.19. The van der Waals surface area contributed by atoms with E-state index in [1.807, 2.05) is 12.1 Å². The molecule has 0 unspecified atom stereocenters. The van der Waals surface area contributed by atoms with Gasteiger partial charge in [-0.05, 0) is 96.1 Å². The molecule has 8 rings (SSSR count). The number of para-hydroxylation sites is 5. The van der Waals surface area contributed by atoms with E-state index in [1.165, 1.54) is 0 Å². The Balaban J connectivity index is 1.40. The largest absolute Gasteiger partial charge is 0.456 e. The molecule has 0 bridgehead atoms. The van der Waals surface area contributed by atoms with Gasteiger partial charge in [0.1, 0.15) is 11.2 Å². The average Bonchev–Trinajstić information content (AvgIpc) is 3.48. The van der Waals surface area contributed by atoms with Crippen LogP contribution in [0.1, 0.15) is 0 Å². The molecule has 1 aromatic heterocycles. The summed E-state index contributed by atoms with van der Waals surface area (Å²) in [5.74, 6) is 0. The topological polar surface area (TPSA) is 19.6 Å². The van der Waals surface area contributed by atoms with Crippen LogP contribution in [-0.2, 0) is 0 Å². The smallest absolute Gasteiger partial charge is 0.135 e. The molecule has 3 heteroatoms. The van der Waals surface area contributed by atoms with Crippen LogP contribution in [0.15, 0.2) is 186 Å². The number of hydrogen-bond acceptors (Lipinski definition) is 3. The first-order valence-electron chi connectivity index (χ1n) is 15.2. The summed E-state index contributed by atoms with van der Waals surface area (Å²) < 4.78 is 6.18. The van der Waals surface area contributed by atoms with Crippen LogP contribution < -0.4 is 9.80 Å². The van der Waals surface area contributed by atoms with Gasteiger partial charge in [0.25, 0.3) is 0 Å². The molecule has 0 amide bonds. The minimum Gasteiger partial charge on any atom is -0.456 e. The lowest BCUT2D eigenvalue weighted by Crippen LogP contribution is -2.13. The van der Waals surface area contributed by atoms with Gasteiger partial charge in [0.05, 0.1) is 0 Å². The van der Waals surface area contributed by atoms with Crippen molar-refractivity contribution in [1.29, 1.82) is 0 Å². The number of nitrogens with zero attached hydrogens (tertiary/aromatic N) is 2. The lowest BCUT2D eigenvalue weighted by Gasteiger charge is -2.30. The molecule has 0 aliphatic rings. The minimum absolute atomic E-state index is 0.890. The minimum atomic E-state index is 0.890. The molecule has 0 atom stereocenters. The van der Waals surface area contributed by atoms with Crippen molar-refractivity contribution in [3.63, 3.8) is 0 Å². The third kappa shape index (κ3) is 5.11. The van der Waals surface area contributed by atoms with Crippen molar-refractivity contribution in [1.82, 2.24) is 0 Å². The van der Waals surface area contributed by atoms with Gasteiger partial charge < -0.3 is 14.2 Å². The molecule has 0 saturated carbocycles. The fraction of sp³-hybridized carbons (Fsp3) is 0. The number of fused-ring (bicyclic) bond motifs is 3. The first-order valence-corrected chi connectivity index (χ1v) is 15.2.